The van der Waals surface area contributed by atoms with E-state index in [1.54, 1.807) is 6.07 Å². The molecule has 4 aliphatic heterocycles. The molecule has 4 aliphatic rings. The Morgan fingerprint density at radius 3 is 2.49 bits per heavy atom. The molecule has 4 atom stereocenters. The molecule has 192 valence electrons. The number of amides is 2. The molecule has 2 amide bonds. The molecule has 0 bridgehead atoms. The van der Waals surface area contributed by atoms with Crippen molar-refractivity contribution in [2.24, 2.45) is 5.92 Å². The van der Waals surface area contributed by atoms with Crippen LogP contribution >= 0.6 is 11.6 Å². The molecule has 0 aliphatic carbocycles. The van der Waals surface area contributed by atoms with Crippen LogP contribution in [0.5, 0.6) is 0 Å². The van der Waals surface area contributed by atoms with Gasteiger partial charge in [-0.1, -0.05) is 78.3 Å². The number of carbonyl (C=O) groups excluding carboxylic acids is 3. The van der Waals surface area contributed by atoms with Crippen LogP contribution in [0.1, 0.15) is 34.3 Å². The lowest BCUT2D eigenvalue weighted by atomic mass is 9.57. The molecule has 2 fully saturated rings. The summed E-state index contributed by atoms with van der Waals surface area (Å²) in [6, 6.07) is 26.3. The third-order valence-electron chi connectivity index (χ3n) is 9.40. The van der Waals surface area contributed by atoms with Crippen molar-refractivity contribution in [1.29, 1.82) is 0 Å². The molecule has 7 heteroatoms. The maximum atomic E-state index is 14.8. The van der Waals surface area contributed by atoms with Gasteiger partial charge in [0.15, 0.2) is 5.78 Å². The molecule has 2 spiro atoms. The molecule has 8 rings (SSSR count). The number of hydrogen-bond acceptors (Lipinski definition) is 4. The van der Waals surface area contributed by atoms with E-state index < -0.39 is 16.9 Å². The van der Waals surface area contributed by atoms with Crippen molar-refractivity contribution in [3.63, 3.8) is 0 Å². The minimum Gasteiger partial charge on any atom is -0.325 e. The normalized spacial score (nSPS) is 28.5. The van der Waals surface area contributed by atoms with Crippen molar-refractivity contribution >= 4 is 51.3 Å². The van der Waals surface area contributed by atoms with Crippen LogP contribution in [0, 0.1) is 5.92 Å². The summed E-state index contributed by atoms with van der Waals surface area (Å²) >= 11 is 6.62. The average Bonchev–Trinajstić information content (AvgIpc) is 3.67. The zero-order valence-electron chi connectivity index (χ0n) is 20.9. The van der Waals surface area contributed by atoms with Gasteiger partial charge in [0, 0.05) is 22.9 Å². The van der Waals surface area contributed by atoms with Gasteiger partial charge in [-0.2, -0.15) is 0 Å². The lowest BCUT2D eigenvalue weighted by Crippen LogP contribution is -2.62. The first-order valence-electron chi connectivity index (χ1n) is 13.3. The van der Waals surface area contributed by atoms with E-state index in [1.165, 1.54) is 0 Å². The molecule has 39 heavy (non-hydrogen) atoms. The predicted molar refractivity (Wildman–Crippen MR) is 150 cm³/mol. The second-order valence-corrected chi connectivity index (χ2v) is 11.3. The number of carbonyl (C=O) groups is 3. The first-order chi connectivity index (χ1) is 19.0. The fourth-order valence-electron chi connectivity index (χ4n) is 8.09. The van der Waals surface area contributed by atoms with Crippen LogP contribution in [-0.4, -0.2) is 35.1 Å². The number of anilines is 2. The SMILES string of the molecule is O=C(c1ccc2ccccc2c1)[C@H]1[C@H]2CCCN2[C@]2(C(=O)Nc3c(Cl)cccc32)[C@]12C(=O)Nc1ccccc12. The van der Waals surface area contributed by atoms with E-state index in [2.05, 4.69) is 15.5 Å². The Morgan fingerprint density at radius 1 is 0.846 bits per heavy atom. The monoisotopic (exact) mass is 533 g/mol. The maximum Gasteiger partial charge on any atom is 0.251 e. The number of nitrogens with one attached hydrogen (secondary N) is 2. The van der Waals surface area contributed by atoms with Crippen LogP contribution < -0.4 is 10.6 Å². The summed E-state index contributed by atoms with van der Waals surface area (Å²) < 4.78 is 0. The van der Waals surface area contributed by atoms with Gasteiger partial charge in [-0.05, 0) is 53.9 Å². The Labute approximate surface area is 230 Å². The Kier molecular flexibility index (Phi) is 4.57. The van der Waals surface area contributed by atoms with E-state index in [1.807, 2.05) is 78.9 Å². The molecular weight excluding hydrogens is 510 g/mol. The zero-order chi connectivity index (χ0) is 26.5. The second-order valence-electron chi connectivity index (χ2n) is 10.9. The highest BCUT2D eigenvalue weighted by Gasteiger charge is 2.81. The average molecular weight is 534 g/mol. The van der Waals surface area contributed by atoms with Gasteiger partial charge in [0.25, 0.3) is 5.91 Å². The summed E-state index contributed by atoms with van der Waals surface area (Å²) in [4.78, 5) is 45.9. The third-order valence-corrected chi connectivity index (χ3v) is 9.71. The molecule has 6 nitrogen and oxygen atoms in total. The molecule has 0 aromatic heterocycles. The van der Waals surface area contributed by atoms with Gasteiger partial charge < -0.3 is 10.6 Å². The molecule has 4 aromatic carbocycles. The van der Waals surface area contributed by atoms with Gasteiger partial charge in [-0.25, -0.2) is 0 Å². The number of halogens is 1. The highest BCUT2D eigenvalue weighted by molar-refractivity contribution is 6.35. The Morgan fingerprint density at radius 2 is 1.62 bits per heavy atom. The topological polar surface area (TPSA) is 78.5 Å². The summed E-state index contributed by atoms with van der Waals surface area (Å²) in [5, 5.41) is 8.52. The third kappa shape index (κ3) is 2.59. The highest BCUT2D eigenvalue weighted by Crippen LogP contribution is 2.68. The number of Topliss-reactive ketones (excluding diaryl/α,β-unsaturated/α-hetero) is 1. The first kappa shape index (κ1) is 22.9. The number of hydrogen-bond donors (Lipinski definition) is 2. The minimum absolute atomic E-state index is 0.121. The van der Waals surface area contributed by atoms with Crippen LogP contribution in [-0.2, 0) is 20.5 Å². The highest BCUT2D eigenvalue weighted by atomic mass is 35.5. The van der Waals surface area contributed by atoms with E-state index in [-0.39, 0.29) is 23.6 Å². The lowest BCUT2D eigenvalue weighted by molar-refractivity contribution is -0.137. The molecular formula is C32H24ClN3O3. The van der Waals surface area contributed by atoms with Crippen molar-refractivity contribution in [3.05, 3.63) is 107 Å². The van der Waals surface area contributed by atoms with E-state index in [0.717, 1.165) is 17.2 Å². The van der Waals surface area contributed by atoms with E-state index >= 15 is 0 Å². The number of para-hydroxylation sites is 2. The smallest absolute Gasteiger partial charge is 0.251 e. The van der Waals surface area contributed by atoms with Gasteiger partial charge >= 0.3 is 0 Å². The molecule has 4 heterocycles. The van der Waals surface area contributed by atoms with E-state index in [0.29, 0.717) is 46.1 Å². The van der Waals surface area contributed by atoms with Crippen LogP contribution in [0.3, 0.4) is 0 Å². The van der Waals surface area contributed by atoms with Crippen LogP contribution in [0.15, 0.2) is 84.9 Å². The van der Waals surface area contributed by atoms with Gasteiger partial charge in [-0.3, -0.25) is 19.3 Å². The molecule has 0 unspecified atom stereocenters. The van der Waals surface area contributed by atoms with Crippen LogP contribution in [0.2, 0.25) is 5.02 Å². The van der Waals surface area contributed by atoms with Crippen molar-refractivity contribution in [2.75, 3.05) is 17.2 Å². The molecule has 0 radical (unpaired) electrons. The van der Waals surface area contributed by atoms with Crippen molar-refractivity contribution in [3.8, 4) is 0 Å². The van der Waals surface area contributed by atoms with E-state index in [4.69, 9.17) is 11.6 Å². The van der Waals surface area contributed by atoms with Crippen molar-refractivity contribution < 1.29 is 14.4 Å². The largest absolute Gasteiger partial charge is 0.325 e. The summed E-state index contributed by atoms with van der Waals surface area (Å²) in [5.74, 6) is -1.52. The summed E-state index contributed by atoms with van der Waals surface area (Å²) in [6.45, 7) is 0.600. The van der Waals surface area contributed by atoms with Crippen LogP contribution in [0.25, 0.3) is 10.8 Å². The molecule has 2 N–H and O–H groups in total. The molecule has 4 aromatic rings. The number of rotatable bonds is 2. The number of fused-ring (bicyclic) bond motifs is 8. The minimum atomic E-state index is -1.47. The number of nitrogens with zero attached hydrogens (tertiary/aromatic N) is 1. The second kappa shape index (κ2) is 7.78. The quantitative estimate of drug-likeness (QED) is 0.333. The number of ketones is 1. The summed E-state index contributed by atoms with van der Waals surface area (Å²) in [7, 11) is 0. The van der Waals surface area contributed by atoms with Crippen molar-refractivity contribution in [1.82, 2.24) is 4.90 Å². The summed E-state index contributed by atoms with van der Waals surface area (Å²) in [5.41, 5.74) is 0.162. The fourth-order valence-corrected chi connectivity index (χ4v) is 8.31. The van der Waals surface area contributed by atoms with Crippen LogP contribution in [0.4, 0.5) is 11.4 Å². The Hall–Kier alpha value is -4.00. The fraction of sp³-hybridized carbons (Fsp3) is 0.219. The lowest BCUT2D eigenvalue weighted by Gasteiger charge is -2.43. The Balaban J connectivity index is 1.46. The first-order valence-corrected chi connectivity index (χ1v) is 13.7. The van der Waals surface area contributed by atoms with E-state index in [9.17, 15) is 14.4 Å². The van der Waals surface area contributed by atoms with Gasteiger partial charge in [-0.15, -0.1) is 0 Å². The number of benzene rings is 4. The molecule has 2 saturated heterocycles. The van der Waals surface area contributed by atoms with Gasteiger partial charge in [0.05, 0.1) is 16.6 Å². The van der Waals surface area contributed by atoms with Gasteiger partial charge in [0.2, 0.25) is 5.91 Å². The standard InChI is InChI=1S/C32H24ClN3O3/c33-23-11-5-10-22-27(23)35-30(39)32(22)31(21-9-3-4-12-24(21)34-29(31)38)26(25-13-6-16-36(25)32)28(37)20-15-14-18-7-1-2-8-19(18)17-20/h1-5,7-12,14-15,17,25-26H,6,13,16H2,(H,34,38)(H,35,39)/t25-,26-,31+,32-/m1/s1. The maximum absolute atomic E-state index is 14.8. The van der Waals surface area contributed by atoms with Gasteiger partial charge in [0.1, 0.15) is 11.0 Å². The summed E-state index contributed by atoms with van der Waals surface area (Å²) in [6.07, 6.45) is 1.54. The molecule has 0 saturated carbocycles. The zero-order valence-corrected chi connectivity index (χ0v) is 21.7. The predicted octanol–water partition coefficient (Wildman–Crippen LogP) is 5.51. The Bertz CT molecular complexity index is 1770. The van der Waals surface area contributed by atoms with Crippen molar-refractivity contribution in [2.45, 2.75) is 29.8 Å².